The lowest BCUT2D eigenvalue weighted by Gasteiger charge is -2.28. The van der Waals surface area contributed by atoms with Crippen LogP contribution in [0, 0.1) is 5.92 Å². The highest BCUT2D eigenvalue weighted by Gasteiger charge is 2.20. The van der Waals surface area contributed by atoms with Crippen molar-refractivity contribution < 1.29 is 0 Å². The summed E-state index contributed by atoms with van der Waals surface area (Å²) in [4.78, 5) is 0. The van der Waals surface area contributed by atoms with Crippen LogP contribution in [-0.4, -0.2) is 19.1 Å². The Bertz CT molecular complexity index is 104. The quantitative estimate of drug-likeness (QED) is 0.642. The molecule has 1 fully saturated rings. The predicted molar refractivity (Wildman–Crippen MR) is 48.5 cm³/mol. The zero-order valence-corrected chi connectivity index (χ0v) is 7.47. The van der Waals surface area contributed by atoms with Gasteiger partial charge in [-0.1, -0.05) is 19.8 Å². The summed E-state index contributed by atoms with van der Waals surface area (Å²) < 4.78 is 0. The van der Waals surface area contributed by atoms with E-state index in [4.69, 9.17) is 5.73 Å². The van der Waals surface area contributed by atoms with Gasteiger partial charge in [-0.2, -0.15) is 0 Å². The van der Waals surface area contributed by atoms with E-state index in [0.29, 0.717) is 6.04 Å². The molecular formula is C9H20N2. The Morgan fingerprint density at radius 1 is 1.36 bits per heavy atom. The summed E-state index contributed by atoms with van der Waals surface area (Å²) >= 11 is 0. The summed E-state index contributed by atoms with van der Waals surface area (Å²) in [5.74, 6) is 0.740. The Kier molecular flexibility index (Phi) is 3.87. The van der Waals surface area contributed by atoms with E-state index in [1.54, 1.807) is 0 Å². The van der Waals surface area contributed by atoms with Crippen molar-refractivity contribution in [3.63, 3.8) is 0 Å². The van der Waals surface area contributed by atoms with Crippen LogP contribution in [0.4, 0.5) is 0 Å². The minimum atomic E-state index is 0.461. The van der Waals surface area contributed by atoms with E-state index >= 15 is 0 Å². The summed E-state index contributed by atoms with van der Waals surface area (Å²) in [6.45, 7) is 4.34. The third-order valence-corrected chi connectivity index (χ3v) is 2.62. The number of nitrogens with two attached hydrogens (primary N) is 1. The van der Waals surface area contributed by atoms with Gasteiger partial charge < -0.3 is 11.1 Å². The standard InChI is InChI=1S/C9H20N2/c1-2-11-7-8-5-3-4-6-9(8)10/h8-9,11H,2-7,10H2,1H3/t8-,9-/m0/s1. The van der Waals surface area contributed by atoms with Crippen molar-refractivity contribution >= 4 is 0 Å². The monoisotopic (exact) mass is 156 g/mol. The van der Waals surface area contributed by atoms with Gasteiger partial charge in [0.15, 0.2) is 0 Å². The second-order valence-electron chi connectivity index (χ2n) is 3.52. The van der Waals surface area contributed by atoms with E-state index in [2.05, 4.69) is 12.2 Å². The first-order valence-corrected chi connectivity index (χ1v) is 4.81. The fourth-order valence-corrected chi connectivity index (χ4v) is 1.82. The molecule has 0 aromatic carbocycles. The first kappa shape index (κ1) is 9.01. The Morgan fingerprint density at radius 3 is 2.73 bits per heavy atom. The van der Waals surface area contributed by atoms with Gasteiger partial charge in [0.05, 0.1) is 0 Å². The highest BCUT2D eigenvalue weighted by atomic mass is 14.9. The molecule has 1 aliphatic rings. The molecule has 0 spiro atoms. The minimum absolute atomic E-state index is 0.461. The molecule has 0 unspecified atom stereocenters. The van der Waals surface area contributed by atoms with Gasteiger partial charge in [-0.05, 0) is 31.8 Å². The van der Waals surface area contributed by atoms with E-state index < -0.39 is 0 Å². The second-order valence-corrected chi connectivity index (χ2v) is 3.52. The lowest BCUT2D eigenvalue weighted by molar-refractivity contribution is 0.298. The van der Waals surface area contributed by atoms with Crippen LogP contribution in [0.25, 0.3) is 0 Å². The van der Waals surface area contributed by atoms with Crippen molar-refractivity contribution in [1.29, 1.82) is 0 Å². The topological polar surface area (TPSA) is 38.0 Å². The molecule has 0 aromatic rings. The van der Waals surface area contributed by atoms with E-state index in [1.807, 2.05) is 0 Å². The Labute approximate surface area is 69.5 Å². The summed E-state index contributed by atoms with van der Waals surface area (Å²) in [6, 6.07) is 0.461. The zero-order chi connectivity index (χ0) is 8.10. The number of hydrogen-bond acceptors (Lipinski definition) is 2. The van der Waals surface area contributed by atoms with Crippen molar-refractivity contribution in [2.24, 2.45) is 11.7 Å². The zero-order valence-electron chi connectivity index (χ0n) is 7.47. The number of rotatable bonds is 3. The molecule has 0 amide bonds. The molecular weight excluding hydrogens is 136 g/mol. The summed E-state index contributed by atoms with van der Waals surface area (Å²) in [6.07, 6.45) is 5.28. The smallest absolute Gasteiger partial charge is 0.00792 e. The van der Waals surface area contributed by atoms with Gasteiger partial charge in [0.25, 0.3) is 0 Å². The normalized spacial score (nSPS) is 32.2. The fraction of sp³-hybridized carbons (Fsp3) is 1.00. The van der Waals surface area contributed by atoms with E-state index in [1.165, 1.54) is 25.7 Å². The predicted octanol–water partition coefficient (Wildman–Crippen LogP) is 1.11. The molecule has 0 radical (unpaired) electrons. The largest absolute Gasteiger partial charge is 0.327 e. The molecule has 0 aromatic heterocycles. The Balaban J connectivity index is 2.18. The third kappa shape index (κ3) is 2.80. The third-order valence-electron chi connectivity index (χ3n) is 2.62. The molecule has 2 heteroatoms. The van der Waals surface area contributed by atoms with Gasteiger partial charge in [-0.15, -0.1) is 0 Å². The van der Waals surface area contributed by atoms with E-state index in [0.717, 1.165) is 19.0 Å². The average molecular weight is 156 g/mol. The van der Waals surface area contributed by atoms with Crippen LogP contribution in [0.15, 0.2) is 0 Å². The molecule has 0 heterocycles. The average Bonchev–Trinajstić information content (AvgIpc) is 2.03. The second kappa shape index (κ2) is 4.73. The fourth-order valence-electron chi connectivity index (χ4n) is 1.82. The Morgan fingerprint density at radius 2 is 2.09 bits per heavy atom. The number of nitrogens with one attached hydrogen (secondary N) is 1. The highest BCUT2D eigenvalue weighted by molar-refractivity contribution is 4.79. The van der Waals surface area contributed by atoms with Gasteiger partial charge in [-0.3, -0.25) is 0 Å². The molecule has 3 N–H and O–H groups in total. The first-order chi connectivity index (χ1) is 5.34. The molecule has 1 saturated carbocycles. The van der Waals surface area contributed by atoms with Crippen molar-refractivity contribution in [3.8, 4) is 0 Å². The maximum Gasteiger partial charge on any atom is 0.00792 e. The lowest BCUT2D eigenvalue weighted by atomic mass is 9.85. The first-order valence-electron chi connectivity index (χ1n) is 4.81. The van der Waals surface area contributed by atoms with Crippen LogP contribution in [0.5, 0.6) is 0 Å². The number of hydrogen-bond donors (Lipinski definition) is 2. The molecule has 0 aliphatic heterocycles. The molecule has 0 bridgehead atoms. The molecule has 66 valence electrons. The maximum absolute atomic E-state index is 5.98. The molecule has 1 aliphatic carbocycles. The van der Waals surface area contributed by atoms with E-state index in [-0.39, 0.29) is 0 Å². The van der Waals surface area contributed by atoms with Crippen molar-refractivity contribution in [1.82, 2.24) is 5.32 Å². The molecule has 0 saturated heterocycles. The SMILES string of the molecule is CCNC[C@@H]1CCCC[C@@H]1N. The van der Waals surface area contributed by atoms with Gasteiger partial charge in [0.1, 0.15) is 0 Å². The summed E-state index contributed by atoms with van der Waals surface area (Å²) in [5, 5.41) is 3.37. The van der Waals surface area contributed by atoms with Crippen molar-refractivity contribution in [2.75, 3.05) is 13.1 Å². The van der Waals surface area contributed by atoms with Crippen LogP contribution in [-0.2, 0) is 0 Å². The van der Waals surface area contributed by atoms with Gasteiger partial charge in [0, 0.05) is 6.04 Å². The minimum Gasteiger partial charge on any atom is -0.327 e. The maximum atomic E-state index is 5.98. The molecule has 2 atom stereocenters. The van der Waals surface area contributed by atoms with Crippen LogP contribution in [0.3, 0.4) is 0 Å². The van der Waals surface area contributed by atoms with Crippen molar-refractivity contribution in [2.45, 2.75) is 38.6 Å². The lowest BCUT2D eigenvalue weighted by Crippen LogP contribution is -2.39. The van der Waals surface area contributed by atoms with Crippen LogP contribution in [0.2, 0.25) is 0 Å². The van der Waals surface area contributed by atoms with Gasteiger partial charge >= 0.3 is 0 Å². The summed E-state index contributed by atoms with van der Waals surface area (Å²) in [7, 11) is 0. The van der Waals surface area contributed by atoms with E-state index in [9.17, 15) is 0 Å². The van der Waals surface area contributed by atoms with Crippen LogP contribution in [0.1, 0.15) is 32.6 Å². The Hall–Kier alpha value is -0.0800. The highest BCUT2D eigenvalue weighted by Crippen LogP contribution is 2.21. The van der Waals surface area contributed by atoms with Crippen LogP contribution >= 0.6 is 0 Å². The molecule has 11 heavy (non-hydrogen) atoms. The van der Waals surface area contributed by atoms with Crippen LogP contribution < -0.4 is 11.1 Å². The van der Waals surface area contributed by atoms with Gasteiger partial charge in [0.2, 0.25) is 0 Å². The summed E-state index contributed by atoms with van der Waals surface area (Å²) in [5.41, 5.74) is 5.98. The van der Waals surface area contributed by atoms with Gasteiger partial charge in [-0.25, -0.2) is 0 Å². The molecule has 1 rings (SSSR count). The molecule has 2 nitrogen and oxygen atoms in total. The van der Waals surface area contributed by atoms with Crippen molar-refractivity contribution in [3.05, 3.63) is 0 Å².